The largest absolute Gasteiger partial charge is 1.00 e. The highest BCUT2D eigenvalue weighted by atomic mass is 35.5. The summed E-state index contributed by atoms with van der Waals surface area (Å²) in [5.74, 6) is 0.175. The quantitative estimate of drug-likeness (QED) is 0.725. The fourth-order valence-corrected chi connectivity index (χ4v) is 2.14. The molecule has 2 aromatic carbocycles. The zero-order valence-corrected chi connectivity index (χ0v) is 12.5. The minimum absolute atomic E-state index is 0. The highest BCUT2D eigenvalue weighted by molar-refractivity contribution is 6.00. The fourth-order valence-electron chi connectivity index (χ4n) is 2.14. The van der Waals surface area contributed by atoms with E-state index in [0.29, 0.717) is 0 Å². The van der Waals surface area contributed by atoms with Gasteiger partial charge < -0.3 is 12.4 Å². The van der Waals surface area contributed by atoms with Crippen molar-refractivity contribution < 1.29 is 17.2 Å². The molecule has 0 heterocycles. The lowest BCUT2D eigenvalue weighted by Gasteiger charge is -2.23. The van der Waals surface area contributed by atoms with Crippen LogP contribution in [-0.4, -0.2) is 30.8 Å². The second kappa shape index (κ2) is 7.83. The summed E-state index contributed by atoms with van der Waals surface area (Å²) in [5, 5.41) is 0. The van der Waals surface area contributed by atoms with E-state index in [1.807, 2.05) is 67.5 Å². The zero-order chi connectivity index (χ0) is 13.7. The third-order valence-electron chi connectivity index (χ3n) is 3.26. The second-order valence-electron chi connectivity index (χ2n) is 4.90. The molecule has 0 amide bonds. The molecule has 0 aromatic heterocycles. The van der Waals surface area contributed by atoms with Crippen LogP contribution in [0.25, 0.3) is 0 Å². The van der Waals surface area contributed by atoms with Gasteiger partial charge in [0.25, 0.3) is 0 Å². The Labute approximate surface area is 126 Å². The second-order valence-corrected chi connectivity index (χ2v) is 4.90. The normalized spacial score (nSPS) is 11.8. The first-order chi connectivity index (χ1) is 9.18. The molecule has 3 heteroatoms. The van der Waals surface area contributed by atoms with Crippen LogP contribution in [0.15, 0.2) is 60.7 Å². The van der Waals surface area contributed by atoms with Crippen LogP contribution in [0.3, 0.4) is 0 Å². The molecule has 0 N–H and O–H groups in total. The number of halogens is 1. The van der Waals surface area contributed by atoms with Crippen LogP contribution < -0.4 is 12.4 Å². The van der Waals surface area contributed by atoms with Gasteiger partial charge in [-0.05, 0) is 26.1 Å². The van der Waals surface area contributed by atoms with Gasteiger partial charge in [0.1, 0.15) is 0 Å². The Morgan fingerprint density at radius 2 is 1.45 bits per heavy atom. The fraction of sp³-hybridized carbons (Fsp3) is 0.235. The van der Waals surface area contributed by atoms with E-state index >= 15 is 0 Å². The molecule has 2 nitrogen and oxygen atoms in total. The number of carbonyl (C=O) groups is 1. The number of likely N-dealkylation sites (N-methyl/N-ethyl adjacent to an activating group) is 1. The number of Topliss-reactive ketones (excluding diaryl/α,β-unsaturated/α-hetero) is 1. The average Bonchev–Trinajstić information content (AvgIpc) is 2.46. The molecule has 0 saturated carbocycles. The Hall–Kier alpha value is -1.64. The number of rotatable bonds is 5. The van der Waals surface area contributed by atoms with E-state index in [-0.39, 0.29) is 24.2 Å². The van der Waals surface area contributed by atoms with Gasteiger partial charge in [-0.1, -0.05) is 60.7 Å². The highest BCUT2D eigenvalue weighted by Gasteiger charge is 2.22. The molecule has 1 atom stereocenters. The molecule has 2 rings (SSSR count). The molecule has 0 aliphatic carbocycles. The maximum absolute atomic E-state index is 12.5. The number of benzene rings is 2. The lowest BCUT2D eigenvalue weighted by molar-refractivity contribution is -0.0000122. The summed E-state index contributed by atoms with van der Waals surface area (Å²) in [7, 11) is 3.91. The molecule has 2 aromatic rings. The van der Waals surface area contributed by atoms with E-state index in [0.717, 1.165) is 12.0 Å². The Balaban J connectivity index is 0.00000200. The highest BCUT2D eigenvalue weighted by Crippen LogP contribution is 2.12. The van der Waals surface area contributed by atoms with Crippen molar-refractivity contribution in [1.82, 2.24) is 4.90 Å². The van der Waals surface area contributed by atoms with E-state index < -0.39 is 0 Å². The van der Waals surface area contributed by atoms with Crippen molar-refractivity contribution in [2.45, 2.75) is 12.5 Å². The SMILES string of the molecule is CN(C)C(Cc1ccccc1)C(=O)c1ccccc1.[Cl-]. The van der Waals surface area contributed by atoms with Gasteiger partial charge in [-0.15, -0.1) is 0 Å². The van der Waals surface area contributed by atoms with E-state index in [1.54, 1.807) is 0 Å². The number of carbonyl (C=O) groups excluding carboxylic acids is 1. The Morgan fingerprint density at radius 3 is 1.95 bits per heavy atom. The van der Waals surface area contributed by atoms with Crippen LogP contribution in [0, 0.1) is 0 Å². The van der Waals surface area contributed by atoms with E-state index in [9.17, 15) is 4.79 Å². The van der Waals surface area contributed by atoms with Crippen molar-refractivity contribution in [3.8, 4) is 0 Å². The number of ketones is 1. The van der Waals surface area contributed by atoms with Crippen LogP contribution in [0.5, 0.6) is 0 Å². The van der Waals surface area contributed by atoms with Gasteiger partial charge in [0.05, 0.1) is 6.04 Å². The molecule has 0 radical (unpaired) electrons. The minimum atomic E-state index is -0.121. The standard InChI is InChI=1S/C17H19NO.ClH/c1-18(2)16(13-14-9-5-3-6-10-14)17(19)15-11-7-4-8-12-15;/h3-12,16H,13H2,1-2H3;1H/p-1. The number of hydrogen-bond acceptors (Lipinski definition) is 2. The van der Waals surface area contributed by atoms with Crippen LogP contribution in [0.1, 0.15) is 15.9 Å². The Bertz CT molecular complexity index is 525. The first-order valence-corrected chi connectivity index (χ1v) is 6.48. The Kier molecular flexibility index (Phi) is 6.43. The summed E-state index contributed by atoms with van der Waals surface area (Å²) < 4.78 is 0. The zero-order valence-electron chi connectivity index (χ0n) is 11.8. The molecule has 106 valence electrons. The van der Waals surface area contributed by atoms with Gasteiger partial charge in [-0.25, -0.2) is 0 Å². The first kappa shape index (κ1) is 16.4. The predicted octanol–water partition coefficient (Wildman–Crippen LogP) is 0.0462. The molecule has 0 saturated heterocycles. The predicted molar refractivity (Wildman–Crippen MR) is 78.4 cm³/mol. The van der Waals surface area contributed by atoms with Crippen molar-refractivity contribution >= 4 is 5.78 Å². The summed E-state index contributed by atoms with van der Waals surface area (Å²) >= 11 is 0. The monoisotopic (exact) mass is 288 g/mol. The third kappa shape index (κ3) is 4.19. The van der Waals surface area contributed by atoms with Gasteiger partial charge in [0, 0.05) is 5.56 Å². The topological polar surface area (TPSA) is 20.3 Å². The third-order valence-corrected chi connectivity index (χ3v) is 3.26. The van der Waals surface area contributed by atoms with Gasteiger partial charge in [-0.3, -0.25) is 9.69 Å². The summed E-state index contributed by atoms with van der Waals surface area (Å²) in [4.78, 5) is 14.5. The van der Waals surface area contributed by atoms with Crippen LogP contribution in [0.2, 0.25) is 0 Å². The molecule has 1 unspecified atom stereocenters. The van der Waals surface area contributed by atoms with Crippen molar-refractivity contribution in [2.75, 3.05) is 14.1 Å². The van der Waals surface area contributed by atoms with Gasteiger partial charge in [0.2, 0.25) is 0 Å². The van der Waals surface area contributed by atoms with Crippen LogP contribution >= 0.6 is 0 Å². The van der Waals surface area contributed by atoms with Crippen molar-refractivity contribution in [3.63, 3.8) is 0 Å². The average molecular weight is 289 g/mol. The van der Waals surface area contributed by atoms with Gasteiger partial charge in [-0.2, -0.15) is 0 Å². The maximum Gasteiger partial charge on any atom is 0.180 e. The first-order valence-electron chi connectivity index (χ1n) is 6.48. The molecular formula is C17H19ClNO-. The van der Waals surface area contributed by atoms with E-state index in [4.69, 9.17) is 0 Å². The van der Waals surface area contributed by atoms with Crippen LogP contribution in [-0.2, 0) is 6.42 Å². The summed E-state index contributed by atoms with van der Waals surface area (Å²) in [5.41, 5.74) is 1.96. The Morgan fingerprint density at radius 1 is 0.950 bits per heavy atom. The van der Waals surface area contributed by atoms with Crippen molar-refractivity contribution in [1.29, 1.82) is 0 Å². The minimum Gasteiger partial charge on any atom is -1.00 e. The summed E-state index contributed by atoms with van der Waals surface area (Å²) in [6, 6.07) is 19.5. The summed E-state index contributed by atoms with van der Waals surface area (Å²) in [6.45, 7) is 0. The van der Waals surface area contributed by atoms with E-state index in [2.05, 4.69) is 12.1 Å². The summed E-state index contributed by atoms with van der Waals surface area (Å²) in [6.07, 6.45) is 0.738. The number of hydrogen-bond donors (Lipinski definition) is 0. The molecule has 0 fully saturated rings. The van der Waals surface area contributed by atoms with Crippen molar-refractivity contribution in [2.24, 2.45) is 0 Å². The molecular weight excluding hydrogens is 270 g/mol. The lowest BCUT2D eigenvalue weighted by atomic mass is 9.97. The smallest absolute Gasteiger partial charge is 0.180 e. The lowest BCUT2D eigenvalue weighted by Crippen LogP contribution is -3.00. The van der Waals surface area contributed by atoms with Gasteiger partial charge >= 0.3 is 0 Å². The number of nitrogens with zero attached hydrogens (tertiary/aromatic N) is 1. The van der Waals surface area contributed by atoms with Crippen LogP contribution in [0.4, 0.5) is 0 Å². The molecule has 20 heavy (non-hydrogen) atoms. The maximum atomic E-state index is 12.5. The van der Waals surface area contributed by atoms with Crippen molar-refractivity contribution in [3.05, 3.63) is 71.8 Å². The molecule has 0 aliphatic heterocycles. The molecule has 0 bridgehead atoms. The molecule has 0 spiro atoms. The van der Waals surface area contributed by atoms with E-state index in [1.165, 1.54) is 5.56 Å². The molecule has 0 aliphatic rings. The van der Waals surface area contributed by atoms with Gasteiger partial charge in [0.15, 0.2) is 5.78 Å².